The van der Waals surface area contributed by atoms with Crippen molar-refractivity contribution in [1.29, 1.82) is 0 Å². The maximum absolute atomic E-state index is 12.0. The smallest absolute Gasteiger partial charge is 0.259 e. The zero-order chi connectivity index (χ0) is 13.9. The molecule has 0 spiro atoms. The van der Waals surface area contributed by atoms with Crippen LogP contribution in [0.25, 0.3) is 0 Å². The topological polar surface area (TPSA) is 76.0 Å². The third-order valence-electron chi connectivity index (χ3n) is 3.56. The first-order valence-electron chi connectivity index (χ1n) is 6.72. The number of sulfonamides is 1. The molecule has 0 radical (unpaired) electrons. The fourth-order valence-corrected chi connectivity index (χ4v) is 3.35. The Kier molecular flexibility index (Phi) is 4.59. The molecular weight excluding hydrogens is 264 g/mol. The van der Waals surface area contributed by atoms with E-state index >= 15 is 0 Å². The minimum atomic E-state index is -3.47. The van der Waals surface area contributed by atoms with Crippen molar-refractivity contribution in [2.24, 2.45) is 7.05 Å². The molecule has 0 aromatic carbocycles. The maximum atomic E-state index is 12.0. The summed E-state index contributed by atoms with van der Waals surface area (Å²) in [6.07, 6.45) is 5.94. The number of hydrogen-bond donors (Lipinski definition) is 2. The third-order valence-corrected chi connectivity index (χ3v) is 4.89. The highest BCUT2D eigenvalue weighted by atomic mass is 32.2. The van der Waals surface area contributed by atoms with Crippen LogP contribution < -0.4 is 10.0 Å². The molecule has 2 rings (SSSR count). The molecule has 0 amide bonds. The van der Waals surface area contributed by atoms with E-state index in [4.69, 9.17) is 0 Å². The Morgan fingerprint density at radius 3 is 2.89 bits per heavy atom. The Morgan fingerprint density at radius 1 is 1.53 bits per heavy atom. The summed E-state index contributed by atoms with van der Waals surface area (Å²) in [4.78, 5) is 4.04. The van der Waals surface area contributed by atoms with Crippen LogP contribution in [0, 0.1) is 6.92 Å². The Labute approximate surface area is 114 Å². The van der Waals surface area contributed by atoms with Crippen molar-refractivity contribution >= 4 is 10.0 Å². The average molecular weight is 286 g/mol. The summed E-state index contributed by atoms with van der Waals surface area (Å²) >= 11 is 0. The predicted octanol–water partition coefficient (Wildman–Crippen LogP) is 0.539. The average Bonchev–Trinajstić information content (AvgIpc) is 2.72. The van der Waals surface area contributed by atoms with Gasteiger partial charge in [0.05, 0.1) is 0 Å². The summed E-state index contributed by atoms with van der Waals surface area (Å²) in [5.41, 5.74) is 0. The number of hydrogen-bond acceptors (Lipinski definition) is 4. The van der Waals surface area contributed by atoms with E-state index in [1.807, 2.05) is 0 Å². The summed E-state index contributed by atoms with van der Waals surface area (Å²) in [6, 6.07) is 0.432. The van der Waals surface area contributed by atoms with E-state index in [9.17, 15) is 8.42 Å². The first kappa shape index (κ1) is 14.5. The maximum Gasteiger partial charge on any atom is 0.259 e. The number of aromatic nitrogens is 2. The van der Waals surface area contributed by atoms with Gasteiger partial charge in [-0.1, -0.05) is 6.42 Å². The molecule has 1 saturated heterocycles. The van der Waals surface area contributed by atoms with Gasteiger partial charge in [0.1, 0.15) is 5.82 Å². The van der Waals surface area contributed by atoms with Crippen LogP contribution in [0.15, 0.2) is 11.2 Å². The molecule has 1 unspecified atom stereocenters. The van der Waals surface area contributed by atoms with Crippen LogP contribution in [-0.4, -0.2) is 37.1 Å². The lowest BCUT2D eigenvalue weighted by Crippen LogP contribution is -2.37. The molecule has 1 aromatic rings. The van der Waals surface area contributed by atoms with Crippen LogP contribution in [0.4, 0.5) is 0 Å². The molecule has 6 nitrogen and oxygen atoms in total. The summed E-state index contributed by atoms with van der Waals surface area (Å²) in [5, 5.41) is 3.50. The van der Waals surface area contributed by atoms with E-state index in [2.05, 4.69) is 15.0 Å². The highest BCUT2D eigenvalue weighted by molar-refractivity contribution is 7.89. The predicted molar refractivity (Wildman–Crippen MR) is 73.4 cm³/mol. The molecule has 19 heavy (non-hydrogen) atoms. The van der Waals surface area contributed by atoms with E-state index in [0.717, 1.165) is 19.4 Å². The summed E-state index contributed by atoms with van der Waals surface area (Å²) in [7, 11) is -1.69. The number of rotatable bonds is 5. The summed E-state index contributed by atoms with van der Waals surface area (Å²) in [6.45, 7) is 3.28. The van der Waals surface area contributed by atoms with Gasteiger partial charge < -0.3 is 9.88 Å². The first-order valence-corrected chi connectivity index (χ1v) is 8.20. The van der Waals surface area contributed by atoms with Gasteiger partial charge >= 0.3 is 0 Å². The molecule has 0 aliphatic carbocycles. The minimum absolute atomic E-state index is 0.101. The Hall–Kier alpha value is -0.920. The van der Waals surface area contributed by atoms with Crippen LogP contribution in [-0.2, 0) is 17.1 Å². The lowest BCUT2D eigenvalue weighted by Gasteiger charge is -2.23. The van der Waals surface area contributed by atoms with Crippen LogP contribution in [0.2, 0.25) is 0 Å². The van der Waals surface area contributed by atoms with E-state index in [1.165, 1.54) is 19.0 Å². The molecular formula is C12H22N4O2S. The van der Waals surface area contributed by atoms with Gasteiger partial charge in [-0.2, -0.15) is 0 Å². The number of imidazole rings is 1. The van der Waals surface area contributed by atoms with Crippen molar-refractivity contribution < 1.29 is 8.42 Å². The molecule has 0 saturated carbocycles. The molecule has 1 aliphatic rings. The third kappa shape index (κ3) is 3.77. The Balaban J connectivity index is 1.87. The van der Waals surface area contributed by atoms with Gasteiger partial charge in [-0.15, -0.1) is 0 Å². The van der Waals surface area contributed by atoms with Gasteiger partial charge in [-0.25, -0.2) is 18.1 Å². The molecule has 2 N–H and O–H groups in total. The lowest BCUT2D eigenvalue weighted by molar-refractivity contribution is 0.382. The van der Waals surface area contributed by atoms with Gasteiger partial charge in [-0.05, 0) is 32.7 Å². The van der Waals surface area contributed by atoms with Crippen LogP contribution in [0.5, 0.6) is 0 Å². The normalized spacial score (nSPS) is 20.6. The largest absolute Gasteiger partial charge is 0.337 e. The molecule has 2 heterocycles. The second-order valence-electron chi connectivity index (χ2n) is 5.07. The second-order valence-corrected chi connectivity index (χ2v) is 6.78. The van der Waals surface area contributed by atoms with Gasteiger partial charge in [0, 0.05) is 25.8 Å². The number of aryl methyl sites for hydroxylation is 2. The Bertz CT molecular complexity index is 498. The number of piperidine rings is 1. The SMILES string of the molecule is Cc1nc(S(=O)(=O)NCCC2CCCCN2)cn1C. The van der Waals surface area contributed by atoms with Crippen molar-refractivity contribution in [2.75, 3.05) is 13.1 Å². The van der Waals surface area contributed by atoms with Crippen molar-refractivity contribution in [3.05, 3.63) is 12.0 Å². The van der Waals surface area contributed by atoms with Gasteiger partial charge in [0.2, 0.25) is 0 Å². The summed E-state index contributed by atoms with van der Waals surface area (Å²) < 4.78 is 28.4. The van der Waals surface area contributed by atoms with E-state index in [1.54, 1.807) is 18.5 Å². The fraction of sp³-hybridized carbons (Fsp3) is 0.750. The highest BCUT2D eigenvalue weighted by Gasteiger charge is 2.19. The highest BCUT2D eigenvalue weighted by Crippen LogP contribution is 2.11. The zero-order valence-corrected chi connectivity index (χ0v) is 12.3. The second kappa shape index (κ2) is 6.02. The van der Waals surface area contributed by atoms with Crippen molar-refractivity contribution in [3.8, 4) is 0 Å². The molecule has 7 heteroatoms. The minimum Gasteiger partial charge on any atom is -0.337 e. The first-order chi connectivity index (χ1) is 8.99. The Morgan fingerprint density at radius 2 is 2.32 bits per heavy atom. The van der Waals surface area contributed by atoms with Crippen molar-refractivity contribution in [3.63, 3.8) is 0 Å². The van der Waals surface area contributed by atoms with Crippen LogP contribution in [0.1, 0.15) is 31.5 Å². The van der Waals surface area contributed by atoms with Crippen LogP contribution >= 0.6 is 0 Å². The van der Waals surface area contributed by atoms with Gasteiger partial charge in [0.25, 0.3) is 10.0 Å². The monoisotopic (exact) mass is 286 g/mol. The number of nitrogens with one attached hydrogen (secondary N) is 2. The fourth-order valence-electron chi connectivity index (χ4n) is 2.27. The molecule has 1 fully saturated rings. The molecule has 1 aromatic heterocycles. The molecule has 1 atom stereocenters. The standard InChI is InChI=1S/C12H22N4O2S/c1-10-15-12(9-16(10)2)19(17,18)14-8-6-11-5-3-4-7-13-11/h9,11,13-14H,3-8H2,1-2H3. The van der Waals surface area contributed by atoms with E-state index < -0.39 is 10.0 Å². The van der Waals surface area contributed by atoms with Gasteiger partial charge in [-0.3, -0.25) is 0 Å². The molecule has 108 valence electrons. The summed E-state index contributed by atoms with van der Waals surface area (Å²) in [5.74, 6) is 0.689. The molecule has 1 aliphatic heterocycles. The number of nitrogens with zero attached hydrogens (tertiary/aromatic N) is 2. The van der Waals surface area contributed by atoms with E-state index in [0.29, 0.717) is 18.4 Å². The van der Waals surface area contributed by atoms with Crippen molar-refractivity contribution in [2.45, 2.75) is 43.7 Å². The van der Waals surface area contributed by atoms with Crippen LogP contribution in [0.3, 0.4) is 0 Å². The lowest BCUT2D eigenvalue weighted by atomic mass is 10.0. The quantitative estimate of drug-likeness (QED) is 0.828. The van der Waals surface area contributed by atoms with Gasteiger partial charge in [0.15, 0.2) is 5.03 Å². The van der Waals surface area contributed by atoms with E-state index in [-0.39, 0.29) is 5.03 Å². The zero-order valence-electron chi connectivity index (χ0n) is 11.5. The molecule has 0 bridgehead atoms. The van der Waals surface area contributed by atoms with Crippen molar-refractivity contribution in [1.82, 2.24) is 19.6 Å².